The molecule has 3 rings (SSSR count). The topological polar surface area (TPSA) is 104 Å². The summed E-state index contributed by atoms with van der Waals surface area (Å²) in [5, 5.41) is 9.23. The first-order chi connectivity index (χ1) is 13.2. The average molecular weight is 404 g/mol. The maximum atomic E-state index is 12.8. The molecule has 1 atom stereocenters. The summed E-state index contributed by atoms with van der Waals surface area (Å²) in [4.78, 5) is 20.4. The number of aromatic carboxylic acids is 1. The van der Waals surface area contributed by atoms with Crippen LogP contribution in [0.15, 0.2) is 30.3 Å². The van der Waals surface area contributed by atoms with Crippen LogP contribution < -0.4 is 0 Å². The van der Waals surface area contributed by atoms with Crippen LogP contribution in [0.25, 0.3) is 11.3 Å². The van der Waals surface area contributed by atoms with E-state index in [0.29, 0.717) is 35.7 Å². The van der Waals surface area contributed by atoms with Crippen LogP contribution in [0.2, 0.25) is 0 Å². The molecule has 0 bridgehead atoms. The molecule has 0 saturated carbocycles. The highest BCUT2D eigenvalue weighted by Crippen LogP contribution is 2.33. The van der Waals surface area contributed by atoms with Gasteiger partial charge in [0.1, 0.15) is 5.82 Å². The van der Waals surface area contributed by atoms with Crippen LogP contribution in [-0.4, -0.2) is 58.7 Å². The second-order valence-corrected chi connectivity index (χ2v) is 9.15. The molecular formula is C19H24N4O4S. The number of carboxylic acids is 1. The molecule has 2 aromatic rings. The maximum Gasteiger partial charge on any atom is 0.335 e. The van der Waals surface area contributed by atoms with Crippen molar-refractivity contribution < 1.29 is 18.3 Å². The van der Waals surface area contributed by atoms with Gasteiger partial charge >= 0.3 is 5.97 Å². The Kier molecular flexibility index (Phi) is 5.78. The number of nitrogens with zero attached hydrogens (tertiary/aromatic N) is 4. The molecular weight excluding hydrogens is 380 g/mol. The fourth-order valence-corrected chi connectivity index (χ4v) is 4.65. The van der Waals surface area contributed by atoms with Gasteiger partial charge in [-0.05, 0) is 38.0 Å². The number of rotatable bonds is 5. The number of carbonyl (C=O) groups is 1. The molecule has 0 radical (unpaired) electrons. The SMILES string of the molecule is Cc1cc(-c2cccc(C(=O)O)c2)nc([C@H]2CCCCN2S(=O)(=O)N(C)C)n1. The van der Waals surface area contributed by atoms with E-state index >= 15 is 0 Å². The zero-order valence-electron chi connectivity index (χ0n) is 16.2. The van der Waals surface area contributed by atoms with Gasteiger partial charge in [0.2, 0.25) is 0 Å². The van der Waals surface area contributed by atoms with Crippen molar-refractivity contribution in [3.8, 4) is 11.3 Å². The first-order valence-electron chi connectivity index (χ1n) is 9.09. The number of benzene rings is 1. The van der Waals surface area contributed by atoms with Gasteiger partial charge in [0.25, 0.3) is 10.2 Å². The summed E-state index contributed by atoms with van der Waals surface area (Å²) in [6.45, 7) is 2.25. The molecule has 9 heteroatoms. The third kappa shape index (κ3) is 4.06. The van der Waals surface area contributed by atoms with E-state index in [9.17, 15) is 18.3 Å². The van der Waals surface area contributed by atoms with Gasteiger partial charge in [-0.2, -0.15) is 17.0 Å². The molecule has 1 aliphatic rings. The highest BCUT2D eigenvalue weighted by Gasteiger charge is 2.36. The van der Waals surface area contributed by atoms with Crippen LogP contribution in [0, 0.1) is 6.92 Å². The van der Waals surface area contributed by atoms with E-state index < -0.39 is 22.2 Å². The van der Waals surface area contributed by atoms with Crippen molar-refractivity contribution in [1.82, 2.24) is 18.6 Å². The Labute approximate surface area is 165 Å². The number of aromatic nitrogens is 2. The summed E-state index contributed by atoms with van der Waals surface area (Å²) >= 11 is 0. The Hall–Kier alpha value is -2.36. The Morgan fingerprint density at radius 2 is 1.96 bits per heavy atom. The second-order valence-electron chi connectivity index (χ2n) is 7.05. The predicted octanol–water partition coefficient (Wildman–Crippen LogP) is 2.48. The fourth-order valence-electron chi connectivity index (χ4n) is 3.35. The quantitative estimate of drug-likeness (QED) is 0.821. The van der Waals surface area contributed by atoms with Crippen molar-refractivity contribution in [2.75, 3.05) is 20.6 Å². The largest absolute Gasteiger partial charge is 0.478 e. The van der Waals surface area contributed by atoms with Gasteiger partial charge in [-0.25, -0.2) is 14.8 Å². The highest BCUT2D eigenvalue weighted by atomic mass is 32.2. The van der Waals surface area contributed by atoms with E-state index in [1.54, 1.807) is 24.3 Å². The van der Waals surface area contributed by atoms with Crippen molar-refractivity contribution in [2.24, 2.45) is 0 Å². The fraction of sp³-hybridized carbons (Fsp3) is 0.421. The molecule has 2 heterocycles. The summed E-state index contributed by atoms with van der Waals surface area (Å²) in [7, 11) is -0.567. The van der Waals surface area contributed by atoms with Gasteiger partial charge in [-0.1, -0.05) is 18.6 Å². The lowest BCUT2D eigenvalue weighted by Gasteiger charge is -2.35. The summed E-state index contributed by atoms with van der Waals surface area (Å²) in [5.74, 6) is -0.566. The molecule has 28 heavy (non-hydrogen) atoms. The molecule has 1 aromatic carbocycles. The van der Waals surface area contributed by atoms with Crippen LogP contribution in [-0.2, 0) is 10.2 Å². The normalized spacial score (nSPS) is 18.4. The van der Waals surface area contributed by atoms with E-state index in [4.69, 9.17) is 0 Å². The predicted molar refractivity (Wildman–Crippen MR) is 105 cm³/mol. The summed E-state index contributed by atoms with van der Waals surface area (Å²) < 4.78 is 28.2. The third-order valence-electron chi connectivity index (χ3n) is 4.79. The molecule has 0 spiro atoms. The lowest BCUT2D eigenvalue weighted by molar-refractivity contribution is 0.0697. The molecule has 0 aliphatic carbocycles. The van der Waals surface area contributed by atoms with E-state index in [-0.39, 0.29) is 5.56 Å². The van der Waals surface area contributed by atoms with Gasteiger partial charge in [0.05, 0.1) is 17.3 Å². The zero-order valence-corrected chi connectivity index (χ0v) is 17.0. The molecule has 1 N–H and O–H groups in total. The lowest BCUT2D eigenvalue weighted by Crippen LogP contribution is -2.45. The Balaban J connectivity index is 2.05. The summed E-state index contributed by atoms with van der Waals surface area (Å²) in [6.07, 6.45) is 2.33. The van der Waals surface area contributed by atoms with Gasteiger partial charge in [0, 0.05) is 31.9 Å². The maximum absolute atomic E-state index is 12.8. The van der Waals surface area contributed by atoms with Crippen LogP contribution in [0.1, 0.15) is 47.2 Å². The van der Waals surface area contributed by atoms with Crippen LogP contribution in [0.4, 0.5) is 0 Å². The zero-order chi connectivity index (χ0) is 20.5. The van der Waals surface area contributed by atoms with Crippen LogP contribution >= 0.6 is 0 Å². The summed E-state index contributed by atoms with van der Waals surface area (Å²) in [6, 6.07) is 7.86. The van der Waals surface area contributed by atoms with Crippen molar-refractivity contribution >= 4 is 16.2 Å². The standard InChI is InChI=1S/C19H24N4O4S/c1-13-11-16(14-7-6-8-15(12-14)19(24)25)21-18(20-13)17-9-4-5-10-23(17)28(26,27)22(2)3/h6-8,11-12,17H,4-5,9-10H2,1-3H3,(H,24,25)/t17-/m1/s1. The molecule has 8 nitrogen and oxygen atoms in total. The molecule has 0 unspecified atom stereocenters. The van der Waals surface area contributed by atoms with Crippen molar-refractivity contribution in [2.45, 2.75) is 32.2 Å². The van der Waals surface area contributed by atoms with Gasteiger partial charge in [-0.15, -0.1) is 0 Å². The van der Waals surface area contributed by atoms with E-state index in [1.165, 1.54) is 28.8 Å². The Morgan fingerprint density at radius 3 is 2.64 bits per heavy atom. The van der Waals surface area contributed by atoms with Gasteiger partial charge in [-0.3, -0.25) is 0 Å². The first-order valence-corrected chi connectivity index (χ1v) is 10.5. The van der Waals surface area contributed by atoms with E-state index in [0.717, 1.165) is 12.8 Å². The molecule has 1 saturated heterocycles. The average Bonchev–Trinajstić information content (AvgIpc) is 2.67. The highest BCUT2D eigenvalue weighted by molar-refractivity contribution is 7.86. The van der Waals surface area contributed by atoms with E-state index in [2.05, 4.69) is 9.97 Å². The minimum absolute atomic E-state index is 0.171. The second kappa shape index (κ2) is 7.94. The van der Waals surface area contributed by atoms with Crippen LogP contribution in [0.5, 0.6) is 0 Å². The Bertz CT molecular complexity index is 991. The minimum atomic E-state index is -3.60. The van der Waals surface area contributed by atoms with Crippen LogP contribution in [0.3, 0.4) is 0 Å². The van der Waals surface area contributed by atoms with E-state index in [1.807, 2.05) is 6.92 Å². The summed E-state index contributed by atoms with van der Waals surface area (Å²) in [5.41, 5.74) is 2.11. The van der Waals surface area contributed by atoms with Gasteiger partial charge < -0.3 is 5.11 Å². The molecule has 150 valence electrons. The molecule has 1 aliphatic heterocycles. The third-order valence-corrected chi connectivity index (χ3v) is 6.74. The monoisotopic (exact) mass is 404 g/mol. The smallest absolute Gasteiger partial charge is 0.335 e. The van der Waals surface area contributed by atoms with Crippen molar-refractivity contribution in [3.05, 3.63) is 47.4 Å². The molecule has 1 fully saturated rings. The first kappa shape index (κ1) is 20.4. The molecule has 1 aromatic heterocycles. The number of hydrogen-bond acceptors (Lipinski definition) is 5. The van der Waals surface area contributed by atoms with Gasteiger partial charge in [0.15, 0.2) is 0 Å². The minimum Gasteiger partial charge on any atom is -0.478 e. The molecule has 0 amide bonds. The number of carboxylic acid groups (broad SMARTS) is 1. The van der Waals surface area contributed by atoms with Crippen molar-refractivity contribution in [1.29, 1.82) is 0 Å². The number of piperidine rings is 1. The Morgan fingerprint density at radius 1 is 1.21 bits per heavy atom. The van der Waals surface area contributed by atoms with Crippen molar-refractivity contribution in [3.63, 3.8) is 0 Å². The number of hydrogen-bond donors (Lipinski definition) is 1. The lowest BCUT2D eigenvalue weighted by atomic mass is 10.0. The number of aryl methyl sites for hydroxylation is 1.